The lowest BCUT2D eigenvalue weighted by molar-refractivity contribution is -0.139. The molecule has 1 aliphatic carbocycles. The van der Waals surface area contributed by atoms with Crippen LogP contribution < -0.4 is 10.1 Å². The maximum absolute atomic E-state index is 14.4. The minimum absolute atomic E-state index is 0.134. The summed E-state index contributed by atoms with van der Waals surface area (Å²) in [6, 6.07) is 7.77. The second kappa shape index (κ2) is 8.81. The first-order chi connectivity index (χ1) is 13.8. The van der Waals surface area contributed by atoms with Crippen molar-refractivity contribution in [1.29, 1.82) is 0 Å². The summed E-state index contributed by atoms with van der Waals surface area (Å²) in [7, 11) is 0. The Morgan fingerprint density at radius 3 is 2.66 bits per heavy atom. The number of ether oxygens (including phenoxy) is 1. The van der Waals surface area contributed by atoms with Gasteiger partial charge in [-0.1, -0.05) is 18.2 Å². The summed E-state index contributed by atoms with van der Waals surface area (Å²) >= 11 is 0. The lowest BCUT2D eigenvalue weighted by Crippen LogP contribution is -2.19. The van der Waals surface area contributed by atoms with Crippen LogP contribution in [0.15, 0.2) is 54.4 Å². The molecule has 0 saturated carbocycles. The van der Waals surface area contributed by atoms with E-state index in [1.54, 1.807) is 18.2 Å². The fourth-order valence-corrected chi connectivity index (χ4v) is 2.99. The third-order valence-corrected chi connectivity index (χ3v) is 4.43. The minimum atomic E-state index is -1.31. The number of hydrogen-bond acceptors (Lipinski definition) is 3. The fourth-order valence-electron chi connectivity index (χ4n) is 2.99. The summed E-state index contributed by atoms with van der Waals surface area (Å²) < 4.78 is 60.9. The molecule has 0 amide bonds. The normalized spacial score (nSPS) is 16.1. The molecule has 0 heterocycles. The summed E-state index contributed by atoms with van der Waals surface area (Å²) in [6.07, 6.45) is 2.99. The number of aliphatic carboxylic acids is 1. The number of carboxylic acid groups (broad SMARTS) is 1. The van der Waals surface area contributed by atoms with Gasteiger partial charge in [0, 0.05) is 12.5 Å². The van der Waals surface area contributed by atoms with Crippen LogP contribution in [0.4, 0.5) is 23.2 Å². The van der Waals surface area contributed by atoms with E-state index in [-0.39, 0.29) is 13.0 Å². The van der Waals surface area contributed by atoms with Crippen LogP contribution in [0.25, 0.3) is 5.57 Å². The number of rotatable bonds is 7. The van der Waals surface area contributed by atoms with Gasteiger partial charge in [0.25, 0.3) is 0 Å². The summed E-state index contributed by atoms with van der Waals surface area (Å²) in [6.45, 7) is -0.922. The zero-order valence-corrected chi connectivity index (χ0v) is 15.1. The molecule has 0 aromatic heterocycles. The fraction of sp³-hybridized carbons (Fsp3) is 0.190. The molecule has 4 nitrogen and oxygen atoms in total. The predicted molar refractivity (Wildman–Crippen MR) is 99.7 cm³/mol. The van der Waals surface area contributed by atoms with Crippen LogP contribution in [0, 0.1) is 23.4 Å². The van der Waals surface area contributed by atoms with Gasteiger partial charge in [-0.15, -0.1) is 0 Å². The van der Waals surface area contributed by atoms with Crippen molar-refractivity contribution in [2.75, 3.05) is 18.5 Å². The Balaban J connectivity index is 1.73. The second-order valence-electron chi connectivity index (χ2n) is 6.45. The smallest absolute Gasteiger partial charge is 0.341 e. The Morgan fingerprint density at radius 2 is 1.93 bits per heavy atom. The first-order valence-corrected chi connectivity index (χ1v) is 8.74. The highest BCUT2D eigenvalue weighted by Crippen LogP contribution is 2.34. The van der Waals surface area contributed by atoms with Gasteiger partial charge in [0.2, 0.25) is 0 Å². The van der Waals surface area contributed by atoms with Crippen LogP contribution in [-0.2, 0) is 4.79 Å². The highest BCUT2D eigenvalue weighted by atomic mass is 19.1. The topological polar surface area (TPSA) is 58.6 Å². The van der Waals surface area contributed by atoms with Crippen molar-refractivity contribution in [2.45, 2.75) is 6.42 Å². The quantitative estimate of drug-likeness (QED) is 0.639. The molecule has 8 heteroatoms. The van der Waals surface area contributed by atoms with Crippen LogP contribution >= 0.6 is 0 Å². The Kier molecular flexibility index (Phi) is 6.21. The number of nitrogens with one attached hydrogen (secondary N) is 1. The van der Waals surface area contributed by atoms with E-state index in [1.807, 2.05) is 0 Å². The van der Waals surface area contributed by atoms with Crippen molar-refractivity contribution in [3.05, 3.63) is 77.4 Å². The third kappa shape index (κ3) is 4.96. The number of carboxylic acids is 1. The number of anilines is 1. The molecule has 0 bridgehead atoms. The van der Waals surface area contributed by atoms with Crippen molar-refractivity contribution in [2.24, 2.45) is 5.92 Å². The van der Waals surface area contributed by atoms with E-state index in [1.165, 1.54) is 18.2 Å². The van der Waals surface area contributed by atoms with E-state index in [0.717, 1.165) is 12.1 Å². The zero-order chi connectivity index (χ0) is 21.0. The molecule has 152 valence electrons. The van der Waals surface area contributed by atoms with Gasteiger partial charge in [-0.3, -0.25) is 0 Å². The van der Waals surface area contributed by atoms with E-state index in [4.69, 9.17) is 9.84 Å². The van der Waals surface area contributed by atoms with Gasteiger partial charge in [-0.05, 0) is 47.9 Å². The monoisotopic (exact) mass is 407 g/mol. The number of hydrogen-bond donors (Lipinski definition) is 2. The average molecular weight is 407 g/mol. The molecule has 0 fully saturated rings. The molecule has 2 aromatic carbocycles. The Hall–Kier alpha value is -3.29. The van der Waals surface area contributed by atoms with Gasteiger partial charge in [0.05, 0.1) is 0 Å². The summed E-state index contributed by atoms with van der Waals surface area (Å²) in [5.41, 5.74) is 0.750. The van der Waals surface area contributed by atoms with Crippen LogP contribution in [0.1, 0.15) is 12.0 Å². The third-order valence-electron chi connectivity index (χ3n) is 4.43. The highest BCUT2D eigenvalue weighted by molar-refractivity contribution is 5.69. The van der Waals surface area contributed by atoms with Crippen molar-refractivity contribution in [3.8, 4) is 5.75 Å². The van der Waals surface area contributed by atoms with Crippen molar-refractivity contribution in [1.82, 2.24) is 0 Å². The first kappa shape index (κ1) is 20.4. The van der Waals surface area contributed by atoms with E-state index < -0.39 is 53.2 Å². The lowest BCUT2D eigenvalue weighted by atomic mass is 9.89. The molecular formula is C21H17F4NO3. The van der Waals surface area contributed by atoms with E-state index >= 15 is 0 Å². The maximum atomic E-state index is 14.4. The molecule has 1 aliphatic rings. The minimum Gasteiger partial charge on any atom is -0.479 e. The SMILES string of the molecule is O=C(O)COc1ccc(F)c(NCC2CC(c3cccc(F)c3)=CC=C2F)c1F. The number of benzene rings is 2. The zero-order valence-electron chi connectivity index (χ0n) is 15.1. The average Bonchev–Trinajstić information content (AvgIpc) is 2.68. The van der Waals surface area contributed by atoms with Gasteiger partial charge in [0.15, 0.2) is 18.2 Å². The molecule has 29 heavy (non-hydrogen) atoms. The Labute approximate surface area is 164 Å². The summed E-state index contributed by atoms with van der Waals surface area (Å²) in [4.78, 5) is 10.6. The van der Waals surface area contributed by atoms with Gasteiger partial charge >= 0.3 is 5.97 Å². The molecule has 0 saturated heterocycles. The Bertz CT molecular complexity index is 988. The molecule has 0 aliphatic heterocycles. The number of allylic oxidation sites excluding steroid dienone is 3. The molecular weight excluding hydrogens is 390 g/mol. The second-order valence-corrected chi connectivity index (χ2v) is 6.45. The van der Waals surface area contributed by atoms with Gasteiger partial charge in [0.1, 0.15) is 23.1 Å². The molecule has 0 spiro atoms. The number of carbonyl (C=O) groups is 1. The highest BCUT2D eigenvalue weighted by Gasteiger charge is 2.23. The summed E-state index contributed by atoms with van der Waals surface area (Å²) in [5.74, 6) is -5.39. The first-order valence-electron chi connectivity index (χ1n) is 8.74. The molecule has 0 radical (unpaired) electrons. The molecule has 2 aromatic rings. The lowest BCUT2D eigenvalue weighted by Gasteiger charge is -2.22. The van der Waals surface area contributed by atoms with Gasteiger partial charge in [-0.2, -0.15) is 0 Å². The van der Waals surface area contributed by atoms with Gasteiger partial charge < -0.3 is 15.2 Å². The van der Waals surface area contributed by atoms with Crippen LogP contribution in [-0.4, -0.2) is 24.2 Å². The largest absolute Gasteiger partial charge is 0.479 e. The van der Waals surface area contributed by atoms with E-state index in [9.17, 15) is 22.4 Å². The molecule has 2 N–H and O–H groups in total. The van der Waals surface area contributed by atoms with Crippen molar-refractivity contribution < 1.29 is 32.2 Å². The van der Waals surface area contributed by atoms with Crippen LogP contribution in [0.5, 0.6) is 5.75 Å². The number of halogens is 4. The van der Waals surface area contributed by atoms with Crippen molar-refractivity contribution >= 4 is 17.2 Å². The van der Waals surface area contributed by atoms with E-state index in [2.05, 4.69) is 5.32 Å². The van der Waals surface area contributed by atoms with Crippen LogP contribution in [0.3, 0.4) is 0 Å². The van der Waals surface area contributed by atoms with Crippen molar-refractivity contribution in [3.63, 3.8) is 0 Å². The van der Waals surface area contributed by atoms with E-state index in [0.29, 0.717) is 11.1 Å². The summed E-state index contributed by atoms with van der Waals surface area (Å²) in [5, 5.41) is 11.1. The predicted octanol–water partition coefficient (Wildman–Crippen LogP) is 4.94. The molecule has 1 unspecified atom stereocenters. The molecule has 1 atom stereocenters. The Morgan fingerprint density at radius 1 is 1.14 bits per heavy atom. The van der Waals surface area contributed by atoms with Gasteiger partial charge in [-0.25, -0.2) is 22.4 Å². The van der Waals surface area contributed by atoms with Crippen LogP contribution in [0.2, 0.25) is 0 Å². The standard InChI is InChI=1S/C21H17F4NO3/c22-15-3-1-2-12(9-15)13-4-5-16(23)14(8-13)10-26-21-17(24)6-7-18(20(21)25)29-11-19(27)28/h1-7,9,14,26H,8,10-11H2,(H,27,28). The molecule has 3 rings (SSSR count). The maximum Gasteiger partial charge on any atom is 0.341 e.